The molecule has 1 atom stereocenters. The summed E-state index contributed by atoms with van der Waals surface area (Å²) in [4.78, 5) is 27.5. The average molecular weight is 465 g/mol. The van der Waals surface area contributed by atoms with Crippen LogP contribution in [0.5, 0.6) is 0 Å². The lowest BCUT2D eigenvalue weighted by Gasteiger charge is -2.41. The van der Waals surface area contributed by atoms with Crippen molar-refractivity contribution in [3.8, 4) is 0 Å². The fourth-order valence-corrected chi connectivity index (χ4v) is 5.31. The van der Waals surface area contributed by atoms with Crippen molar-refractivity contribution in [1.82, 2.24) is 14.5 Å². The molecule has 1 aliphatic heterocycles. The first kappa shape index (κ1) is 23.2. The zero-order chi connectivity index (χ0) is 22.4. The lowest BCUT2D eigenvalue weighted by Crippen LogP contribution is -2.63. The number of nitrogens with one attached hydrogen (secondary N) is 1. The Morgan fingerprint density at radius 3 is 2.39 bits per heavy atom. The standard InChI is InChI=1S/C21H25ClN4O4S/c22-18-9-7-17(8-10-18)21(28)25-13-4-14-26(20(25)19(27)24-12-11-23)31(29,30)15-16-5-2-1-3-6-16/h1-3,5-10,20H,4,11-15,23H2,(H,24,27). The third-order valence-electron chi connectivity index (χ3n) is 4.92. The van der Waals surface area contributed by atoms with Gasteiger partial charge < -0.3 is 16.0 Å². The van der Waals surface area contributed by atoms with Crippen LogP contribution in [0, 0.1) is 0 Å². The highest BCUT2D eigenvalue weighted by atomic mass is 35.5. The molecule has 2 aromatic rings. The van der Waals surface area contributed by atoms with E-state index in [-0.39, 0.29) is 31.9 Å². The number of carbonyl (C=O) groups is 2. The molecule has 8 nitrogen and oxygen atoms in total. The summed E-state index contributed by atoms with van der Waals surface area (Å²) in [6.07, 6.45) is -0.884. The van der Waals surface area contributed by atoms with Gasteiger partial charge in [-0.05, 0) is 36.2 Å². The van der Waals surface area contributed by atoms with Gasteiger partial charge in [0.2, 0.25) is 10.0 Å². The lowest BCUT2D eigenvalue weighted by atomic mass is 10.1. The smallest absolute Gasteiger partial charge is 0.259 e. The average Bonchev–Trinajstić information content (AvgIpc) is 2.77. The number of halogens is 1. The van der Waals surface area contributed by atoms with Crippen LogP contribution in [0.25, 0.3) is 0 Å². The molecule has 0 bridgehead atoms. The number of sulfonamides is 1. The quantitative estimate of drug-likeness (QED) is 0.643. The van der Waals surface area contributed by atoms with Crippen molar-refractivity contribution in [2.75, 3.05) is 26.2 Å². The topological polar surface area (TPSA) is 113 Å². The molecule has 3 N–H and O–H groups in total. The minimum atomic E-state index is -3.88. The normalized spacial score (nSPS) is 17.4. The van der Waals surface area contributed by atoms with E-state index >= 15 is 0 Å². The number of nitrogens with zero attached hydrogens (tertiary/aromatic N) is 2. The molecule has 0 aromatic heterocycles. The van der Waals surface area contributed by atoms with Crippen LogP contribution in [0.4, 0.5) is 0 Å². The van der Waals surface area contributed by atoms with Gasteiger partial charge in [-0.1, -0.05) is 41.9 Å². The Bertz CT molecular complexity index is 1020. The van der Waals surface area contributed by atoms with E-state index in [0.29, 0.717) is 22.6 Å². The van der Waals surface area contributed by atoms with Crippen molar-refractivity contribution in [2.24, 2.45) is 5.73 Å². The van der Waals surface area contributed by atoms with Crippen LogP contribution in [-0.4, -0.2) is 61.8 Å². The van der Waals surface area contributed by atoms with Crippen molar-refractivity contribution >= 4 is 33.4 Å². The van der Waals surface area contributed by atoms with E-state index in [1.165, 1.54) is 4.90 Å². The molecule has 0 radical (unpaired) electrons. The summed E-state index contributed by atoms with van der Waals surface area (Å²) in [7, 11) is -3.88. The zero-order valence-corrected chi connectivity index (χ0v) is 18.5. The van der Waals surface area contributed by atoms with Crippen LogP contribution in [-0.2, 0) is 20.6 Å². The van der Waals surface area contributed by atoms with Crippen molar-refractivity contribution in [3.05, 3.63) is 70.7 Å². The SMILES string of the molecule is NCCNC(=O)C1N(C(=O)c2ccc(Cl)cc2)CCCN1S(=O)(=O)Cc1ccccc1. The van der Waals surface area contributed by atoms with E-state index in [1.54, 1.807) is 54.6 Å². The first-order valence-corrected chi connectivity index (χ1v) is 11.9. The summed E-state index contributed by atoms with van der Waals surface area (Å²) in [5.74, 6) is -1.29. The van der Waals surface area contributed by atoms with E-state index in [2.05, 4.69) is 5.32 Å². The summed E-state index contributed by atoms with van der Waals surface area (Å²) in [5.41, 5.74) is 6.41. The number of rotatable bonds is 7. The van der Waals surface area contributed by atoms with E-state index in [4.69, 9.17) is 17.3 Å². The Hall–Kier alpha value is -2.46. The summed E-state index contributed by atoms with van der Waals surface area (Å²) >= 11 is 5.91. The third kappa shape index (κ3) is 5.62. The minimum Gasteiger partial charge on any atom is -0.352 e. The maximum Gasteiger partial charge on any atom is 0.259 e. The Morgan fingerprint density at radius 1 is 1.06 bits per heavy atom. The highest BCUT2D eigenvalue weighted by Gasteiger charge is 2.43. The summed E-state index contributed by atoms with van der Waals surface area (Å²) in [5, 5.41) is 3.10. The fraction of sp³-hybridized carbons (Fsp3) is 0.333. The van der Waals surface area contributed by atoms with Crippen molar-refractivity contribution in [3.63, 3.8) is 0 Å². The van der Waals surface area contributed by atoms with Crippen LogP contribution in [0.2, 0.25) is 5.02 Å². The Kier molecular flexibility index (Phi) is 7.66. The van der Waals surface area contributed by atoms with Gasteiger partial charge >= 0.3 is 0 Å². The molecule has 3 rings (SSSR count). The summed E-state index contributed by atoms with van der Waals surface area (Å²) in [6.45, 7) is 0.755. The molecule has 10 heteroatoms. The van der Waals surface area contributed by atoms with Crippen molar-refractivity contribution < 1.29 is 18.0 Å². The zero-order valence-electron chi connectivity index (χ0n) is 16.9. The van der Waals surface area contributed by atoms with Crippen molar-refractivity contribution in [2.45, 2.75) is 18.3 Å². The van der Waals surface area contributed by atoms with E-state index < -0.39 is 28.0 Å². The molecule has 2 amide bonds. The largest absolute Gasteiger partial charge is 0.352 e. The molecule has 31 heavy (non-hydrogen) atoms. The van der Waals surface area contributed by atoms with Gasteiger partial charge in [-0.25, -0.2) is 8.42 Å². The van der Waals surface area contributed by atoms with Crippen LogP contribution in [0.15, 0.2) is 54.6 Å². The second-order valence-electron chi connectivity index (χ2n) is 7.16. The Balaban J connectivity index is 1.94. The summed E-state index contributed by atoms with van der Waals surface area (Å²) < 4.78 is 27.6. The van der Waals surface area contributed by atoms with Crippen LogP contribution >= 0.6 is 11.6 Å². The molecule has 1 saturated heterocycles. The number of benzene rings is 2. The first-order valence-electron chi connectivity index (χ1n) is 9.91. The fourth-order valence-electron chi connectivity index (χ4n) is 3.49. The molecular weight excluding hydrogens is 440 g/mol. The predicted octanol–water partition coefficient (Wildman–Crippen LogP) is 1.42. The molecule has 166 valence electrons. The number of nitrogens with two attached hydrogens (primary N) is 1. The van der Waals surface area contributed by atoms with Gasteiger partial charge in [-0.15, -0.1) is 0 Å². The summed E-state index contributed by atoms with van der Waals surface area (Å²) in [6, 6.07) is 15.0. The van der Waals surface area contributed by atoms with Crippen LogP contribution in [0.1, 0.15) is 22.3 Å². The number of hydrogen-bond acceptors (Lipinski definition) is 5. The van der Waals surface area contributed by atoms with Gasteiger partial charge in [0.25, 0.3) is 11.8 Å². The van der Waals surface area contributed by atoms with Gasteiger partial charge in [0.15, 0.2) is 6.17 Å². The predicted molar refractivity (Wildman–Crippen MR) is 119 cm³/mol. The lowest BCUT2D eigenvalue weighted by molar-refractivity contribution is -0.130. The van der Waals surface area contributed by atoms with Gasteiger partial charge in [0.05, 0.1) is 5.75 Å². The van der Waals surface area contributed by atoms with E-state index in [0.717, 1.165) is 4.31 Å². The molecule has 0 aliphatic carbocycles. The molecule has 1 unspecified atom stereocenters. The third-order valence-corrected chi connectivity index (χ3v) is 6.97. The van der Waals surface area contributed by atoms with Crippen molar-refractivity contribution in [1.29, 1.82) is 0 Å². The maximum absolute atomic E-state index is 13.3. The first-order chi connectivity index (χ1) is 14.8. The highest BCUT2D eigenvalue weighted by Crippen LogP contribution is 2.24. The monoisotopic (exact) mass is 464 g/mol. The van der Waals surface area contributed by atoms with Gasteiger partial charge in [-0.2, -0.15) is 4.31 Å². The van der Waals surface area contributed by atoms with Crippen LogP contribution < -0.4 is 11.1 Å². The second kappa shape index (κ2) is 10.2. The molecule has 1 aliphatic rings. The molecule has 2 aromatic carbocycles. The Labute approximate surface area is 187 Å². The number of hydrogen-bond donors (Lipinski definition) is 2. The minimum absolute atomic E-state index is 0.139. The van der Waals surface area contributed by atoms with Gasteiger partial charge in [0, 0.05) is 36.8 Å². The molecule has 0 saturated carbocycles. The van der Waals surface area contributed by atoms with E-state index in [1.807, 2.05) is 0 Å². The molecule has 1 fully saturated rings. The maximum atomic E-state index is 13.3. The second-order valence-corrected chi connectivity index (χ2v) is 9.52. The molecule has 0 spiro atoms. The number of carbonyl (C=O) groups excluding carboxylic acids is 2. The van der Waals surface area contributed by atoms with Gasteiger partial charge in [0.1, 0.15) is 0 Å². The Morgan fingerprint density at radius 2 is 1.74 bits per heavy atom. The van der Waals surface area contributed by atoms with Crippen LogP contribution in [0.3, 0.4) is 0 Å². The number of amides is 2. The van der Waals surface area contributed by atoms with E-state index in [9.17, 15) is 18.0 Å². The van der Waals surface area contributed by atoms with Gasteiger partial charge in [-0.3, -0.25) is 9.59 Å². The molecular formula is C21H25ClN4O4S. The highest BCUT2D eigenvalue weighted by molar-refractivity contribution is 7.88. The molecule has 1 heterocycles.